The summed E-state index contributed by atoms with van der Waals surface area (Å²) >= 11 is 0. The van der Waals surface area contributed by atoms with E-state index in [1.54, 1.807) is 24.3 Å². The van der Waals surface area contributed by atoms with Gasteiger partial charge in [-0.3, -0.25) is 10.2 Å². The van der Waals surface area contributed by atoms with Gasteiger partial charge in [0, 0.05) is 12.1 Å². The van der Waals surface area contributed by atoms with E-state index in [1.807, 2.05) is 13.0 Å². The van der Waals surface area contributed by atoms with E-state index >= 15 is 0 Å². The van der Waals surface area contributed by atoms with Gasteiger partial charge in [0.15, 0.2) is 5.75 Å². The average molecular weight is 311 g/mol. The van der Waals surface area contributed by atoms with Gasteiger partial charge in [-0.25, -0.2) is 13.1 Å². The highest BCUT2D eigenvalue weighted by atomic mass is 32.2. The summed E-state index contributed by atoms with van der Waals surface area (Å²) in [5, 5.41) is 15.8. The molecule has 7 nitrogen and oxygen atoms in total. The molecule has 0 unspecified atom stereocenters. The first-order valence-electron chi connectivity index (χ1n) is 6.02. The molecular weight excluding hydrogens is 294 g/mol. The van der Waals surface area contributed by atoms with Gasteiger partial charge in [0.2, 0.25) is 10.0 Å². The van der Waals surface area contributed by atoms with E-state index in [1.165, 1.54) is 0 Å². The van der Waals surface area contributed by atoms with Crippen molar-refractivity contribution in [2.75, 3.05) is 12.3 Å². The number of amidine groups is 1. The number of rotatable bonds is 7. The summed E-state index contributed by atoms with van der Waals surface area (Å²) in [7, 11) is -3.82. The number of carbonyl (C=O) groups is 1. The minimum Gasteiger partial charge on any atom is -0.480 e. The SMILES string of the molecule is Cc1ccc(C(=N)N)cc1/C=C/CNS(=O)(=O)CC(=O)O. The largest absolute Gasteiger partial charge is 0.480 e. The molecule has 0 saturated carbocycles. The van der Waals surface area contributed by atoms with E-state index in [4.69, 9.17) is 16.2 Å². The van der Waals surface area contributed by atoms with Crippen molar-refractivity contribution in [2.24, 2.45) is 5.73 Å². The lowest BCUT2D eigenvalue weighted by atomic mass is 10.0. The molecule has 0 aliphatic heterocycles. The highest BCUT2D eigenvalue weighted by molar-refractivity contribution is 7.90. The van der Waals surface area contributed by atoms with Gasteiger partial charge in [0.1, 0.15) is 5.84 Å². The summed E-state index contributed by atoms with van der Waals surface area (Å²) in [6, 6.07) is 5.26. The van der Waals surface area contributed by atoms with Crippen LogP contribution in [0.15, 0.2) is 24.3 Å². The molecule has 0 radical (unpaired) electrons. The second-order valence-corrected chi connectivity index (χ2v) is 6.20. The molecule has 0 aliphatic carbocycles. The highest BCUT2D eigenvalue weighted by Crippen LogP contribution is 2.12. The van der Waals surface area contributed by atoms with Crippen LogP contribution >= 0.6 is 0 Å². The smallest absolute Gasteiger partial charge is 0.320 e. The summed E-state index contributed by atoms with van der Waals surface area (Å²) < 4.78 is 24.7. The summed E-state index contributed by atoms with van der Waals surface area (Å²) in [5.74, 6) is -2.41. The van der Waals surface area contributed by atoms with Gasteiger partial charge in [0.25, 0.3) is 0 Å². The number of sulfonamides is 1. The van der Waals surface area contributed by atoms with Gasteiger partial charge in [-0.15, -0.1) is 0 Å². The molecule has 1 aromatic carbocycles. The van der Waals surface area contributed by atoms with Gasteiger partial charge in [-0.2, -0.15) is 0 Å². The van der Waals surface area contributed by atoms with Crippen LogP contribution in [-0.2, 0) is 14.8 Å². The van der Waals surface area contributed by atoms with E-state index in [0.29, 0.717) is 5.56 Å². The van der Waals surface area contributed by atoms with Crippen molar-refractivity contribution in [2.45, 2.75) is 6.92 Å². The third-order valence-electron chi connectivity index (χ3n) is 2.62. The quantitative estimate of drug-likeness (QED) is 0.424. The van der Waals surface area contributed by atoms with Crippen LogP contribution in [0.2, 0.25) is 0 Å². The summed E-state index contributed by atoms with van der Waals surface area (Å²) in [6.45, 7) is 1.86. The number of aliphatic carboxylic acids is 1. The Kier molecular flexibility index (Phi) is 5.62. The third-order valence-corrected chi connectivity index (χ3v) is 3.86. The first-order chi connectivity index (χ1) is 9.71. The van der Waals surface area contributed by atoms with E-state index in [0.717, 1.165) is 11.1 Å². The molecule has 0 bridgehead atoms. The summed E-state index contributed by atoms with van der Waals surface area (Å²) in [5.41, 5.74) is 7.73. The molecule has 0 aliphatic rings. The molecule has 21 heavy (non-hydrogen) atoms. The van der Waals surface area contributed by atoms with Crippen LogP contribution in [0.1, 0.15) is 16.7 Å². The maximum Gasteiger partial charge on any atom is 0.320 e. The third kappa shape index (κ3) is 5.76. The standard InChI is InChI=1S/C13H17N3O4S/c1-9-4-5-11(13(14)15)7-10(9)3-2-6-16-21(19,20)8-12(17)18/h2-5,7,16H,6,8H2,1H3,(H3,14,15)(H,17,18)/b3-2+. The minimum absolute atomic E-state index is 0.0145. The lowest BCUT2D eigenvalue weighted by Crippen LogP contribution is -2.30. The van der Waals surface area contributed by atoms with E-state index in [9.17, 15) is 13.2 Å². The van der Waals surface area contributed by atoms with Crippen molar-refractivity contribution in [3.05, 3.63) is 41.0 Å². The van der Waals surface area contributed by atoms with Crippen LogP contribution in [0.5, 0.6) is 0 Å². The fourth-order valence-electron chi connectivity index (χ4n) is 1.56. The fraction of sp³-hybridized carbons (Fsp3) is 0.231. The molecule has 0 saturated heterocycles. The Labute approximate surface area is 123 Å². The van der Waals surface area contributed by atoms with Crippen LogP contribution in [0.4, 0.5) is 0 Å². The molecule has 0 spiro atoms. The van der Waals surface area contributed by atoms with Crippen LogP contribution < -0.4 is 10.5 Å². The first kappa shape index (κ1) is 16.9. The maximum absolute atomic E-state index is 11.3. The number of benzene rings is 1. The Morgan fingerprint density at radius 2 is 2.14 bits per heavy atom. The average Bonchev–Trinajstić information content (AvgIpc) is 2.34. The number of aryl methyl sites for hydroxylation is 1. The second-order valence-electron chi connectivity index (χ2n) is 4.39. The molecule has 1 aromatic rings. The zero-order valence-corrected chi connectivity index (χ0v) is 12.3. The van der Waals surface area contributed by atoms with Crippen molar-refractivity contribution in [3.63, 3.8) is 0 Å². The Bertz CT molecular complexity index is 681. The Morgan fingerprint density at radius 3 is 2.71 bits per heavy atom. The summed E-state index contributed by atoms with van der Waals surface area (Å²) in [4.78, 5) is 10.3. The topological polar surface area (TPSA) is 133 Å². The Balaban J connectivity index is 2.72. The molecule has 1 rings (SSSR count). The first-order valence-corrected chi connectivity index (χ1v) is 7.67. The molecule has 0 fully saturated rings. The highest BCUT2D eigenvalue weighted by Gasteiger charge is 2.13. The predicted molar refractivity (Wildman–Crippen MR) is 80.7 cm³/mol. The number of carboxylic acid groups (broad SMARTS) is 1. The second kappa shape index (κ2) is 7.00. The lowest BCUT2D eigenvalue weighted by Gasteiger charge is -2.04. The van der Waals surface area contributed by atoms with Crippen molar-refractivity contribution in [3.8, 4) is 0 Å². The number of nitrogens with two attached hydrogens (primary N) is 1. The predicted octanol–water partition coefficient (Wildman–Crippen LogP) is 0.296. The zero-order chi connectivity index (χ0) is 16.0. The zero-order valence-electron chi connectivity index (χ0n) is 11.5. The molecule has 0 atom stereocenters. The van der Waals surface area contributed by atoms with Gasteiger partial charge in [0.05, 0.1) is 0 Å². The van der Waals surface area contributed by atoms with Crippen molar-refractivity contribution in [1.82, 2.24) is 4.72 Å². The number of carboxylic acids is 1. The molecule has 0 heterocycles. The van der Waals surface area contributed by atoms with E-state index < -0.39 is 21.7 Å². The molecular formula is C13H17N3O4S. The molecule has 0 aromatic heterocycles. The van der Waals surface area contributed by atoms with Gasteiger partial charge in [-0.1, -0.05) is 24.3 Å². The Morgan fingerprint density at radius 1 is 1.48 bits per heavy atom. The maximum atomic E-state index is 11.3. The number of hydrogen-bond donors (Lipinski definition) is 4. The molecule has 114 valence electrons. The van der Waals surface area contributed by atoms with Crippen LogP contribution in [0.3, 0.4) is 0 Å². The molecule has 5 N–H and O–H groups in total. The monoisotopic (exact) mass is 311 g/mol. The molecule has 0 amide bonds. The van der Waals surface area contributed by atoms with Crippen molar-refractivity contribution < 1.29 is 18.3 Å². The van der Waals surface area contributed by atoms with Crippen LogP contribution in [0, 0.1) is 12.3 Å². The van der Waals surface area contributed by atoms with Crippen LogP contribution in [-0.4, -0.2) is 37.6 Å². The fourth-order valence-corrected chi connectivity index (χ4v) is 2.34. The van der Waals surface area contributed by atoms with Crippen molar-refractivity contribution in [1.29, 1.82) is 5.41 Å². The Hall–Kier alpha value is -2.19. The van der Waals surface area contributed by atoms with Gasteiger partial charge in [-0.05, 0) is 24.1 Å². The van der Waals surface area contributed by atoms with E-state index in [-0.39, 0.29) is 12.4 Å². The number of hydrogen-bond acceptors (Lipinski definition) is 4. The lowest BCUT2D eigenvalue weighted by molar-refractivity contribution is -0.134. The van der Waals surface area contributed by atoms with Crippen LogP contribution in [0.25, 0.3) is 6.08 Å². The van der Waals surface area contributed by atoms with E-state index in [2.05, 4.69) is 4.72 Å². The van der Waals surface area contributed by atoms with Gasteiger partial charge >= 0.3 is 5.97 Å². The summed E-state index contributed by atoms with van der Waals surface area (Å²) in [6.07, 6.45) is 3.25. The normalized spacial score (nSPS) is 11.7. The van der Waals surface area contributed by atoms with Crippen molar-refractivity contribution >= 4 is 27.9 Å². The minimum atomic E-state index is -3.82. The van der Waals surface area contributed by atoms with Gasteiger partial charge < -0.3 is 10.8 Å². The number of nitrogen functional groups attached to an aromatic ring is 1. The number of nitrogens with one attached hydrogen (secondary N) is 2. The molecule has 8 heteroatoms.